The number of rotatable bonds is 4. The topological polar surface area (TPSA) is 24.5 Å². The lowest BCUT2D eigenvalue weighted by Gasteiger charge is -2.11. The van der Waals surface area contributed by atoms with Crippen LogP contribution >= 0.6 is 11.6 Å². The van der Waals surface area contributed by atoms with Gasteiger partial charge in [-0.2, -0.15) is 0 Å². The zero-order chi connectivity index (χ0) is 14.3. The number of halogens is 1. The minimum atomic E-state index is 0.298. The normalized spacial score (nSPS) is 15.2. The van der Waals surface area contributed by atoms with Crippen LogP contribution in [0.2, 0.25) is 0 Å². The molecule has 18 heavy (non-hydrogen) atoms. The fraction of sp³-hybridized carbons (Fsp3) is 0.429. The van der Waals surface area contributed by atoms with Crippen LogP contribution in [0.5, 0.6) is 0 Å². The zero-order valence-electron chi connectivity index (χ0n) is 11.6. The number of hydroxylamine groups is 1. The van der Waals surface area contributed by atoms with Gasteiger partial charge in [0.05, 0.1) is 0 Å². The first-order chi connectivity index (χ1) is 8.34. The Bertz CT molecular complexity index is 318. The second-order valence-electron chi connectivity index (χ2n) is 4.04. The van der Waals surface area contributed by atoms with Gasteiger partial charge in [-0.15, -0.1) is 0 Å². The van der Waals surface area contributed by atoms with Crippen LogP contribution in [-0.2, 0) is 4.84 Å². The maximum absolute atomic E-state index is 5.68. The number of allylic oxidation sites excluding steroid dienone is 2. The van der Waals surface area contributed by atoms with Crippen molar-refractivity contribution in [1.29, 1.82) is 0 Å². The van der Waals surface area contributed by atoms with Crippen molar-refractivity contribution in [3.8, 4) is 0 Å². The molecular weight excluding hydrogens is 248 g/mol. The Balaban J connectivity index is 0.000000321. The highest BCUT2D eigenvalue weighted by atomic mass is 35.5. The molecule has 0 saturated carbocycles. The van der Waals surface area contributed by atoms with Crippen molar-refractivity contribution in [3.63, 3.8) is 0 Å². The molecule has 0 bridgehead atoms. The Morgan fingerprint density at radius 2 is 1.94 bits per heavy atom. The molecule has 0 aromatic rings. The predicted molar refractivity (Wildman–Crippen MR) is 78.5 cm³/mol. The maximum atomic E-state index is 5.68. The van der Waals surface area contributed by atoms with Gasteiger partial charge in [-0.25, -0.2) is 5.48 Å². The lowest BCUT2D eigenvalue weighted by molar-refractivity contribution is 0.157. The van der Waals surface area contributed by atoms with Gasteiger partial charge in [0.2, 0.25) is 5.88 Å². The summed E-state index contributed by atoms with van der Waals surface area (Å²) >= 11 is 5.68. The summed E-state index contributed by atoms with van der Waals surface area (Å²) in [7, 11) is 0. The Morgan fingerprint density at radius 3 is 2.06 bits per heavy atom. The third kappa shape index (κ3) is 4.88. The molecule has 0 aromatic heterocycles. The molecule has 1 atom stereocenters. The van der Waals surface area contributed by atoms with E-state index < -0.39 is 0 Å². The lowest BCUT2D eigenvalue weighted by Crippen LogP contribution is -2.16. The molecule has 1 rings (SSSR count). The maximum Gasteiger partial charge on any atom is 0.220 e. The summed E-state index contributed by atoms with van der Waals surface area (Å²) in [6, 6.07) is 0. The van der Waals surface area contributed by atoms with Gasteiger partial charge in [0.1, 0.15) is 5.82 Å². The van der Waals surface area contributed by atoms with E-state index in [9.17, 15) is 0 Å². The number of hydrogen-bond acceptors (Lipinski definition) is 3. The quantitative estimate of drug-likeness (QED) is 0.778. The minimum Gasteiger partial charge on any atom is -0.363 e. The zero-order valence-corrected chi connectivity index (χ0v) is 12.3. The average molecular weight is 271 g/mol. The highest BCUT2D eigenvalue weighted by molar-refractivity contribution is 6.29. The second-order valence-corrected chi connectivity index (χ2v) is 4.53. The first kappa shape index (κ1) is 16.6. The predicted octanol–water partition coefficient (Wildman–Crippen LogP) is 4.13. The molecule has 0 amide bonds. The van der Waals surface area contributed by atoms with E-state index in [-0.39, 0.29) is 0 Å². The molecule has 4 heteroatoms. The Hall–Kier alpha value is -1.35. The van der Waals surface area contributed by atoms with Gasteiger partial charge in [-0.3, -0.25) is 4.90 Å². The van der Waals surface area contributed by atoms with E-state index >= 15 is 0 Å². The summed E-state index contributed by atoms with van der Waals surface area (Å²) in [5.41, 5.74) is 3.70. The monoisotopic (exact) mass is 270 g/mol. The van der Waals surface area contributed by atoms with E-state index in [0.29, 0.717) is 16.8 Å². The van der Waals surface area contributed by atoms with Crippen molar-refractivity contribution >= 4 is 11.6 Å². The Morgan fingerprint density at radius 1 is 1.39 bits per heavy atom. The molecule has 1 aliphatic heterocycles. The van der Waals surface area contributed by atoms with E-state index in [2.05, 4.69) is 38.7 Å². The molecule has 0 radical (unpaired) electrons. The van der Waals surface area contributed by atoms with Crippen LogP contribution in [0.4, 0.5) is 0 Å². The summed E-state index contributed by atoms with van der Waals surface area (Å²) in [5.74, 6) is 1.66. The van der Waals surface area contributed by atoms with Crippen LogP contribution in [-0.4, -0.2) is 11.4 Å². The van der Waals surface area contributed by atoms with E-state index in [4.69, 9.17) is 16.4 Å². The molecule has 0 aromatic carbocycles. The van der Waals surface area contributed by atoms with Crippen LogP contribution in [0.1, 0.15) is 27.2 Å². The smallest absolute Gasteiger partial charge is 0.220 e. The van der Waals surface area contributed by atoms with E-state index in [1.54, 1.807) is 0 Å². The molecule has 1 saturated heterocycles. The summed E-state index contributed by atoms with van der Waals surface area (Å²) in [5, 5.41) is 0.699. The van der Waals surface area contributed by atoms with Gasteiger partial charge < -0.3 is 4.84 Å². The Kier molecular flexibility index (Phi) is 7.29. The summed E-state index contributed by atoms with van der Waals surface area (Å²) < 4.78 is 0. The van der Waals surface area contributed by atoms with E-state index in [1.165, 1.54) is 0 Å². The van der Waals surface area contributed by atoms with Gasteiger partial charge in [-0.1, -0.05) is 43.8 Å². The number of nitrogens with one attached hydrogen (secondary N) is 1. The van der Waals surface area contributed by atoms with Gasteiger partial charge in [0, 0.05) is 17.5 Å². The molecule has 1 heterocycles. The third-order valence-electron chi connectivity index (χ3n) is 2.61. The molecule has 1 fully saturated rings. The highest BCUT2D eigenvalue weighted by Gasteiger charge is 2.17. The van der Waals surface area contributed by atoms with Crippen molar-refractivity contribution in [2.45, 2.75) is 27.2 Å². The summed E-state index contributed by atoms with van der Waals surface area (Å²) in [6.45, 7) is 21.7. The molecule has 0 aliphatic carbocycles. The average Bonchev–Trinajstić information content (AvgIpc) is 2.58. The summed E-state index contributed by atoms with van der Waals surface area (Å²) in [4.78, 5) is 6.70. The molecular formula is C14H23ClN2O. The third-order valence-corrected chi connectivity index (χ3v) is 2.87. The van der Waals surface area contributed by atoms with Crippen LogP contribution < -0.4 is 5.48 Å². The second kappa shape index (κ2) is 7.88. The van der Waals surface area contributed by atoms with Crippen molar-refractivity contribution in [2.75, 3.05) is 6.54 Å². The fourth-order valence-corrected chi connectivity index (χ4v) is 1.92. The van der Waals surface area contributed by atoms with Crippen LogP contribution in [0.15, 0.2) is 48.6 Å². The largest absolute Gasteiger partial charge is 0.363 e. The van der Waals surface area contributed by atoms with E-state index in [1.807, 2.05) is 18.7 Å². The molecule has 1 N–H and O–H groups in total. The molecule has 102 valence electrons. The first-order valence-corrected chi connectivity index (χ1v) is 6.30. The van der Waals surface area contributed by atoms with Gasteiger partial charge in [0.15, 0.2) is 0 Å². The standard InChI is InChI=1S/C8H13Cl.C6H10N2O/c1-5-8(6(2)3)7(4)9;1-4-8-5(2)7-9-6(8)3/h8H,2,4-5H2,1,3H3;7H,2-4H2,1H3. The molecule has 1 unspecified atom stereocenters. The first-order valence-electron chi connectivity index (χ1n) is 5.92. The SMILES string of the molecule is C=C(C)C(CC)C(=C)Cl.C=C1NOC(=C)N1CC. The lowest BCUT2D eigenvalue weighted by atomic mass is 9.99. The van der Waals surface area contributed by atoms with Gasteiger partial charge >= 0.3 is 0 Å². The number of nitrogens with zero attached hydrogens (tertiary/aromatic N) is 1. The Labute approximate surface area is 115 Å². The van der Waals surface area contributed by atoms with Crippen molar-refractivity contribution < 1.29 is 4.84 Å². The van der Waals surface area contributed by atoms with E-state index in [0.717, 1.165) is 24.4 Å². The van der Waals surface area contributed by atoms with Crippen molar-refractivity contribution in [2.24, 2.45) is 5.92 Å². The molecule has 0 spiro atoms. The van der Waals surface area contributed by atoms with Crippen LogP contribution in [0, 0.1) is 5.92 Å². The summed E-state index contributed by atoms with van der Waals surface area (Å²) in [6.07, 6.45) is 0.998. The highest BCUT2D eigenvalue weighted by Crippen LogP contribution is 2.23. The van der Waals surface area contributed by atoms with Crippen molar-refractivity contribution in [1.82, 2.24) is 10.4 Å². The molecule has 1 aliphatic rings. The van der Waals surface area contributed by atoms with Gasteiger partial charge in [-0.05, 0) is 26.8 Å². The fourth-order valence-electron chi connectivity index (χ4n) is 1.58. The van der Waals surface area contributed by atoms with Crippen LogP contribution in [0.25, 0.3) is 0 Å². The molecule has 3 nitrogen and oxygen atoms in total. The van der Waals surface area contributed by atoms with Crippen LogP contribution in [0.3, 0.4) is 0 Å². The van der Waals surface area contributed by atoms with Gasteiger partial charge in [0.25, 0.3) is 0 Å². The minimum absolute atomic E-state index is 0.298. The number of hydrogen-bond donors (Lipinski definition) is 1. The van der Waals surface area contributed by atoms with Crippen molar-refractivity contribution in [3.05, 3.63) is 48.6 Å².